The number of hydrogen-bond acceptors (Lipinski definition) is 6. The number of carbonyl (C=O) groups excluding carboxylic acids is 1. The third kappa shape index (κ3) is 5.48. The van der Waals surface area contributed by atoms with E-state index in [-0.39, 0.29) is 28.9 Å². The Morgan fingerprint density at radius 3 is 2.41 bits per heavy atom. The molecule has 12 heteroatoms. The molecule has 3 heterocycles. The number of aryl methyl sites for hydroxylation is 1. The lowest BCUT2D eigenvalue weighted by molar-refractivity contribution is -0.206. The molecule has 1 fully saturated rings. The molecule has 4 rings (SSSR count). The lowest BCUT2D eigenvalue weighted by Gasteiger charge is -2.44. The van der Waals surface area contributed by atoms with Crippen molar-refractivity contribution < 1.29 is 22.4 Å². The molecule has 1 N–H and O–H groups in total. The summed E-state index contributed by atoms with van der Waals surface area (Å²) in [6.07, 6.45) is -3.16. The van der Waals surface area contributed by atoms with E-state index in [1.54, 1.807) is 13.0 Å². The Morgan fingerprint density at radius 2 is 1.78 bits per heavy atom. The van der Waals surface area contributed by atoms with Gasteiger partial charge in [-0.1, -0.05) is 0 Å². The molecule has 1 amide bonds. The molecule has 0 spiro atoms. The SMILES string of the molecule is Cc1cc(-c2cc(NC(=O)c3ccc(=O)n(C(F)(F)F)c3)c(N3C[C@@H](C)N(C)[C@@H](C)C3)cc2F)cnn1. The number of rotatable bonds is 4. The van der Waals surface area contributed by atoms with Crippen molar-refractivity contribution in [2.75, 3.05) is 30.4 Å². The second-order valence-electron chi connectivity index (χ2n) is 9.25. The van der Waals surface area contributed by atoms with Gasteiger partial charge in [0.15, 0.2) is 0 Å². The molecule has 0 radical (unpaired) electrons. The molecule has 2 aromatic heterocycles. The normalized spacial score (nSPS) is 18.6. The second kappa shape index (κ2) is 9.92. The molecular weight excluding hydrogens is 492 g/mol. The summed E-state index contributed by atoms with van der Waals surface area (Å²) in [5.74, 6) is -1.43. The van der Waals surface area contributed by atoms with E-state index in [0.29, 0.717) is 42.3 Å². The summed E-state index contributed by atoms with van der Waals surface area (Å²) in [5, 5.41) is 10.4. The summed E-state index contributed by atoms with van der Waals surface area (Å²) >= 11 is 0. The zero-order valence-corrected chi connectivity index (χ0v) is 20.7. The van der Waals surface area contributed by atoms with Crippen LogP contribution in [0, 0.1) is 12.7 Å². The van der Waals surface area contributed by atoms with Crippen LogP contribution in [0.1, 0.15) is 29.9 Å². The van der Waals surface area contributed by atoms with E-state index in [0.717, 1.165) is 6.07 Å². The van der Waals surface area contributed by atoms with Crippen LogP contribution in [-0.4, -0.2) is 57.8 Å². The predicted molar refractivity (Wildman–Crippen MR) is 131 cm³/mol. The number of carbonyl (C=O) groups is 1. The number of hydrogen-bond donors (Lipinski definition) is 1. The Balaban J connectivity index is 1.79. The van der Waals surface area contributed by atoms with Gasteiger partial charge in [0.2, 0.25) is 0 Å². The van der Waals surface area contributed by atoms with Crippen molar-refractivity contribution in [1.82, 2.24) is 19.7 Å². The smallest absolute Gasteiger partial charge is 0.367 e. The lowest BCUT2D eigenvalue weighted by Crippen LogP contribution is -2.55. The Bertz CT molecular complexity index is 1380. The van der Waals surface area contributed by atoms with Crippen molar-refractivity contribution in [1.29, 1.82) is 0 Å². The molecule has 0 aliphatic carbocycles. The van der Waals surface area contributed by atoms with Crippen LogP contribution in [0.4, 0.5) is 28.9 Å². The van der Waals surface area contributed by atoms with Crippen LogP contribution in [0.5, 0.6) is 0 Å². The fraction of sp³-hybridized carbons (Fsp3) is 0.360. The molecule has 0 bridgehead atoms. The number of pyridine rings is 1. The van der Waals surface area contributed by atoms with Gasteiger partial charge in [0.1, 0.15) is 5.82 Å². The Labute approximate surface area is 210 Å². The van der Waals surface area contributed by atoms with Crippen LogP contribution in [-0.2, 0) is 6.30 Å². The molecule has 3 aromatic rings. The maximum atomic E-state index is 15.4. The van der Waals surface area contributed by atoms with Crippen LogP contribution >= 0.6 is 0 Å². The number of aromatic nitrogens is 3. The summed E-state index contributed by atoms with van der Waals surface area (Å²) in [7, 11) is 1.99. The summed E-state index contributed by atoms with van der Waals surface area (Å²) in [4.78, 5) is 28.9. The Hall–Kier alpha value is -3.80. The van der Waals surface area contributed by atoms with Crippen molar-refractivity contribution >= 4 is 17.3 Å². The number of nitrogens with zero attached hydrogens (tertiary/aromatic N) is 5. The van der Waals surface area contributed by atoms with Gasteiger partial charge >= 0.3 is 6.30 Å². The first-order valence-electron chi connectivity index (χ1n) is 11.6. The van der Waals surface area contributed by atoms with Gasteiger partial charge in [-0.25, -0.2) is 8.96 Å². The number of halogens is 4. The van der Waals surface area contributed by atoms with E-state index in [9.17, 15) is 22.8 Å². The minimum absolute atomic E-state index is 0.123. The van der Waals surface area contributed by atoms with Gasteiger partial charge < -0.3 is 10.2 Å². The van der Waals surface area contributed by atoms with Gasteiger partial charge in [-0.15, -0.1) is 13.2 Å². The van der Waals surface area contributed by atoms with Crippen LogP contribution in [0.3, 0.4) is 0 Å². The number of alkyl halides is 3. The number of likely N-dealkylation sites (N-methyl/N-ethyl adjacent to an activating group) is 1. The minimum Gasteiger partial charge on any atom is -0.367 e. The zero-order valence-electron chi connectivity index (χ0n) is 20.7. The summed E-state index contributed by atoms with van der Waals surface area (Å²) < 4.78 is 54.6. The molecular formula is C25H26F4N6O2. The van der Waals surface area contributed by atoms with Crippen molar-refractivity contribution in [3.05, 3.63) is 70.2 Å². The highest BCUT2D eigenvalue weighted by atomic mass is 19.4. The fourth-order valence-corrected chi connectivity index (χ4v) is 4.38. The molecule has 1 saturated heterocycles. The lowest BCUT2D eigenvalue weighted by atomic mass is 10.0. The van der Waals surface area contributed by atoms with Gasteiger partial charge in [0.05, 0.1) is 28.8 Å². The monoisotopic (exact) mass is 518 g/mol. The van der Waals surface area contributed by atoms with Gasteiger partial charge in [-0.3, -0.25) is 14.5 Å². The van der Waals surface area contributed by atoms with E-state index >= 15 is 4.39 Å². The molecule has 1 aromatic carbocycles. The standard InChI is InChI=1S/C25H26F4N6O2/c1-14-7-18(10-30-32-14)19-8-21(22(9-20(19)26)34-11-15(2)33(4)16(3)12-34)31-24(37)17-5-6-23(36)35(13-17)25(27,28)29/h5-10,13,15-16H,11-12H2,1-4H3,(H,31,37)/t15-,16+. The van der Waals surface area contributed by atoms with Gasteiger partial charge in [-0.2, -0.15) is 10.2 Å². The van der Waals surface area contributed by atoms with Crippen molar-refractivity contribution in [2.24, 2.45) is 0 Å². The number of piperazine rings is 1. The number of amides is 1. The highest BCUT2D eigenvalue weighted by Gasteiger charge is 2.33. The largest absolute Gasteiger partial charge is 0.491 e. The van der Waals surface area contributed by atoms with Gasteiger partial charge in [0, 0.05) is 48.6 Å². The molecule has 8 nitrogen and oxygen atoms in total. The first-order chi connectivity index (χ1) is 17.3. The van der Waals surface area contributed by atoms with E-state index < -0.39 is 28.2 Å². The first-order valence-corrected chi connectivity index (χ1v) is 11.6. The quantitative estimate of drug-likeness (QED) is 0.526. The molecule has 0 unspecified atom stereocenters. The molecule has 0 saturated carbocycles. The van der Waals surface area contributed by atoms with Crippen LogP contribution in [0.15, 0.2) is 47.5 Å². The van der Waals surface area contributed by atoms with Crippen LogP contribution in [0.25, 0.3) is 11.1 Å². The first kappa shape index (κ1) is 26.3. The fourth-order valence-electron chi connectivity index (χ4n) is 4.38. The van der Waals surface area contributed by atoms with Crippen LogP contribution in [0.2, 0.25) is 0 Å². The summed E-state index contributed by atoms with van der Waals surface area (Å²) in [6.45, 7) is 6.83. The number of nitrogens with one attached hydrogen (secondary N) is 1. The van der Waals surface area contributed by atoms with E-state index in [1.807, 2.05) is 25.8 Å². The Kier molecular flexibility index (Phi) is 7.05. The average molecular weight is 519 g/mol. The second-order valence-corrected chi connectivity index (χ2v) is 9.25. The average Bonchev–Trinajstić information content (AvgIpc) is 2.82. The minimum atomic E-state index is -4.99. The topological polar surface area (TPSA) is 83.4 Å². The predicted octanol–water partition coefficient (Wildman–Crippen LogP) is 4.01. The highest BCUT2D eigenvalue weighted by molar-refractivity contribution is 6.06. The zero-order chi connectivity index (χ0) is 27.1. The van der Waals surface area contributed by atoms with Gasteiger partial charge in [-0.05, 0) is 52.1 Å². The highest BCUT2D eigenvalue weighted by Crippen LogP contribution is 2.36. The van der Waals surface area contributed by atoms with Gasteiger partial charge in [0.25, 0.3) is 11.5 Å². The Morgan fingerprint density at radius 1 is 1.11 bits per heavy atom. The number of anilines is 2. The molecule has 1 aliphatic heterocycles. The van der Waals surface area contributed by atoms with Crippen molar-refractivity contribution in [3.63, 3.8) is 0 Å². The van der Waals surface area contributed by atoms with Crippen LogP contribution < -0.4 is 15.8 Å². The summed E-state index contributed by atoms with van der Waals surface area (Å²) in [6, 6.07) is 6.31. The maximum absolute atomic E-state index is 15.4. The van der Waals surface area contributed by atoms with Crippen molar-refractivity contribution in [3.8, 4) is 11.1 Å². The third-order valence-electron chi connectivity index (χ3n) is 6.57. The van der Waals surface area contributed by atoms with E-state index in [1.165, 1.54) is 18.3 Å². The maximum Gasteiger partial charge on any atom is 0.491 e. The summed E-state index contributed by atoms with van der Waals surface area (Å²) in [5.41, 5.74) is 0.0481. The number of benzene rings is 1. The molecule has 1 aliphatic rings. The molecule has 2 atom stereocenters. The van der Waals surface area contributed by atoms with Crippen molar-refractivity contribution in [2.45, 2.75) is 39.2 Å². The third-order valence-corrected chi connectivity index (χ3v) is 6.57. The molecule has 196 valence electrons. The molecule has 37 heavy (non-hydrogen) atoms. The van der Waals surface area contributed by atoms with E-state index in [2.05, 4.69) is 20.4 Å². The van der Waals surface area contributed by atoms with E-state index in [4.69, 9.17) is 0 Å².